The Bertz CT molecular complexity index is 1120. The van der Waals surface area contributed by atoms with Gasteiger partial charge < -0.3 is 28.7 Å². The van der Waals surface area contributed by atoms with E-state index >= 15 is 0 Å². The molecule has 4 rings (SSSR count). The number of ether oxygens (including phenoxy) is 1. The Morgan fingerprint density at radius 1 is 0.963 bits per heavy atom. The third-order valence-electron chi connectivity index (χ3n) is 4.02. The lowest BCUT2D eigenvalue weighted by Gasteiger charge is -1.92. The second-order valence-electron chi connectivity index (χ2n) is 5.66. The number of benzene rings is 1. The fourth-order valence-electron chi connectivity index (χ4n) is 2.68. The van der Waals surface area contributed by atoms with Gasteiger partial charge in [-0.2, -0.15) is 4.57 Å². The molecule has 0 saturated carbocycles. The van der Waals surface area contributed by atoms with Gasteiger partial charge in [0, 0.05) is 26.8 Å². The number of carbonyl (C=O) groups excluding carboxylic acids is 1. The maximum Gasteiger partial charge on any atom is 0.348 e. The molecule has 0 aliphatic rings. The van der Waals surface area contributed by atoms with Crippen molar-refractivity contribution in [3.05, 3.63) is 63.3 Å². The molecular weight excluding hydrogens is 509 g/mol. The molecule has 138 valence electrons. The molecule has 0 saturated heterocycles. The molecule has 3 nitrogen and oxygen atoms in total. The van der Waals surface area contributed by atoms with Crippen LogP contribution in [0.5, 0.6) is 0 Å². The molecule has 4 aromatic rings. The Labute approximate surface area is 186 Å². The zero-order chi connectivity index (χ0) is 18.1. The first-order valence-electron chi connectivity index (χ1n) is 8.00. The van der Waals surface area contributed by atoms with Crippen molar-refractivity contribution in [2.24, 2.45) is 7.05 Å². The third-order valence-corrected chi connectivity index (χ3v) is 7.52. The molecule has 0 amide bonds. The van der Waals surface area contributed by atoms with E-state index in [0.29, 0.717) is 4.88 Å². The van der Waals surface area contributed by atoms with E-state index in [-0.39, 0.29) is 29.9 Å². The smallest absolute Gasteiger partial charge is 0.348 e. The molecule has 3 aromatic heterocycles. The molecule has 0 bridgehead atoms. The number of methoxy groups -OCH3 is 1. The van der Waals surface area contributed by atoms with Gasteiger partial charge in [0.15, 0.2) is 0 Å². The summed E-state index contributed by atoms with van der Waals surface area (Å²) in [6.07, 6.45) is 4.31. The van der Waals surface area contributed by atoms with Gasteiger partial charge in [0.1, 0.15) is 16.6 Å². The van der Waals surface area contributed by atoms with Crippen molar-refractivity contribution >= 4 is 62.3 Å². The second-order valence-corrected chi connectivity index (χ2v) is 8.92. The summed E-state index contributed by atoms with van der Waals surface area (Å²) in [5.41, 5.74) is 1.25. The summed E-state index contributed by atoms with van der Waals surface area (Å²) in [6, 6.07) is 16.4. The van der Waals surface area contributed by atoms with Gasteiger partial charge in [-0.15, -0.1) is 22.7 Å². The number of halogens is 1. The molecule has 0 aliphatic carbocycles. The number of hydrogen-bond acceptors (Lipinski definition) is 5. The number of aromatic nitrogens is 1. The first-order chi connectivity index (χ1) is 12.7. The third kappa shape index (κ3) is 4.16. The average molecular weight is 525 g/mol. The minimum atomic E-state index is -0.282. The number of aryl methyl sites for hydroxylation is 1. The van der Waals surface area contributed by atoms with Gasteiger partial charge in [0.25, 0.3) is 5.01 Å². The molecule has 0 unspecified atom stereocenters. The van der Waals surface area contributed by atoms with Crippen molar-refractivity contribution in [2.75, 3.05) is 7.11 Å². The van der Waals surface area contributed by atoms with Gasteiger partial charge >= 0.3 is 5.97 Å². The normalized spacial score (nSPS) is 11.0. The molecule has 0 fully saturated rings. The van der Waals surface area contributed by atoms with Crippen molar-refractivity contribution in [3.8, 4) is 9.75 Å². The molecule has 7 heteroatoms. The van der Waals surface area contributed by atoms with Crippen LogP contribution in [0.15, 0.2) is 48.5 Å². The molecule has 1 aromatic carbocycles. The Morgan fingerprint density at radius 2 is 1.70 bits per heavy atom. The van der Waals surface area contributed by atoms with E-state index in [2.05, 4.69) is 60.2 Å². The van der Waals surface area contributed by atoms with E-state index in [0.717, 1.165) is 9.75 Å². The number of rotatable bonds is 4. The number of fused-ring (bicyclic) bond motifs is 1. The van der Waals surface area contributed by atoms with Crippen molar-refractivity contribution in [3.63, 3.8) is 0 Å². The van der Waals surface area contributed by atoms with Crippen molar-refractivity contribution in [1.82, 2.24) is 0 Å². The SMILES string of the molecule is COC(=O)c1ccc(-c2ccc(/C=C/c3sc4ccccc4[n+]3C)s2)s1.[I-]. The van der Waals surface area contributed by atoms with Crippen LogP contribution in [0, 0.1) is 0 Å². The van der Waals surface area contributed by atoms with Crippen molar-refractivity contribution in [1.29, 1.82) is 0 Å². The highest BCUT2D eigenvalue weighted by Gasteiger charge is 2.14. The predicted octanol–water partition coefficient (Wildman–Crippen LogP) is 2.48. The van der Waals surface area contributed by atoms with Crippen molar-refractivity contribution in [2.45, 2.75) is 0 Å². The summed E-state index contributed by atoms with van der Waals surface area (Å²) < 4.78 is 8.28. The highest BCUT2D eigenvalue weighted by Crippen LogP contribution is 2.34. The molecule has 27 heavy (non-hydrogen) atoms. The largest absolute Gasteiger partial charge is 1.00 e. The highest BCUT2D eigenvalue weighted by molar-refractivity contribution is 7.23. The van der Waals surface area contributed by atoms with E-state index in [1.165, 1.54) is 38.5 Å². The Hall–Kier alpha value is -1.55. The van der Waals surface area contributed by atoms with Crippen LogP contribution in [0.1, 0.15) is 19.6 Å². The van der Waals surface area contributed by atoms with Crippen LogP contribution in [-0.4, -0.2) is 13.1 Å². The first kappa shape index (κ1) is 20.2. The van der Waals surface area contributed by atoms with E-state index in [9.17, 15) is 4.79 Å². The lowest BCUT2D eigenvalue weighted by Crippen LogP contribution is -3.00. The lowest BCUT2D eigenvalue weighted by molar-refractivity contribution is -0.642. The van der Waals surface area contributed by atoms with Gasteiger partial charge in [-0.25, -0.2) is 4.79 Å². The van der Waals surface area contributed by atoms with Crippen LogP contribution >= 0.6 is 34.0 Å². The fourth-order valence-corrected chi connectivity index (χ4v) is 5.65. The minimum absolute atomic E-state index is 0. The maximum atomic E-state index is 11.6. The Kier molecular flexibility index (Phi) is 6.46. The molecule has 3 heterocycles. The standard InChI is InChI=1S/C20H16NO2S3.HI/c1-21-14-5-3-4-6-15(14)26-19(21)12-8-13-7-9-16(24-13)17-10-11-18(25-17)20(22)23-2;/h3-12H,1-2H3;1H/q+1;/p-1/b12-8+;. The summed E-state index contributed by atoms with van der Waals surface area (Å²) >= 11 is 4.97. The minimum Gasteiger partial charge on any atom is -1.00 e. The topological polar surface area (TPSA) is 30.2 Å². The first-order valence-corrected chi connectivity index (χ1v) is 10.4. The number of hydrogen-bond donors (Lipinski definition) is 0. The van der Waals surface area contributed by atoms with Crippen LogP contribution < -0.4 is 28.5 Å². The number of nitrogens with zero attached hydrogens (tertiary/aromatic N) is 1. The fraction of sp³-hybridized carbons (Fsp3) is 0.100. The Morgan fingerprint density at radius 3 is 2.48 bits per heavy atom. The molecule has 0 spiro atoms. The van der Waals surface area contributed by atoms with Gasteiger partial charge in [-0.05, 0) is 36.4 Å². The summed E-state index contributed by atoms with van der Waals surface area (Å²) in [7, 11) is 3.50. The number of thiophene rings is 2. The van der Waals surface area contributed by atoms with Gasteiger partial charge in [0.05, 0.1) is 7.11 Å². The second kappa shape index (κ2) is 8.64. The molecule has 0 atom stereocenters. The number of para-hydroxylation sites is 1. The van der Waals surface area contributed by atoms with Crippen LogP contribution in [0.3, 0.4) is 0 Å². The van der Waals surface area contributed by atoms with E-state index in [1.54, 1.807) is 22.7 Å². The van der Waals surface area contributed by atoms with Gasteiger partial charge in [-0.3, -0.25) is 0 Å². The molecule has 0 aliphatic heterocycles. The summed E-state index contributed by atoms with van der Waals surface area (Å²) in [5, 5.41) is 1.21. The van der Waals surface area contributed by atoms with E-state index in [4.69, 9.17) is 4.74 Å². The predicted molar refractivity (Wildman–Crippen MR) is 111 cm³/mol. The zero-order valence-corrected chi connectivity index (χ0v) is 19.2. The molecule has 0 N–H and O–H groups in total. The van der Waals surface area contributed by atoms with Crippen LogP contribution in [0.2, 0.25) is 0 Å². The van der Waals surface area contributed by atoms with E-state index < -0.39 is 0 Å². The number of thiazole rings is 1. The molecule has 0 radical (unpaired) electrons. The van der Waals surface area contributed by atoms with Crippen LogP contribution in [-0.2, 0) is 11.8 Å². The maximum absolute atomic E-state index is 11.6. The molecular formula is C20H16INO2S3. The monoisotopic (exact) mass is 525 g/mol. The van der Waals surface area contributed by atoms with Crippen LogP contribution in [0.4, 0.5) is 0 Å². The number of carbonyl (C=O) groups is 1. The highest BCUT2D eigenvalue weighted by atomic mass is 127. The summed E-state index contributed by atoms with van der Waals surface area (Å²) in [4.78, 5) is 15.7. The van der Waals surface area contributed by atoms with Crippen LogP contribution in [0.25, 0.3) is 32.1 Å². The number of esters is 1. The van der Waals surface area contributed by atoms with Crippen molar-refractivity contribution < 1.29 is 38.1 Å². The summed E-state index contributed by atoms with van der Waals surface area (Å²) in [5.74, 6) is -0.282. The lowest BCUT2D eigenvalue weighted by atomic mass is 10.3. The van der Waals surface area contributed by atoms with Gasteiger partial charge in [0.2, 0.25) is 5.52 Å². The summed E-state index contributed by atoms with van der Waals surface area (Å²) in [6.45, 7) is 0. The zero-order valence-electron chi connectivity index (χ0n) is 14.6. The van der Waals surface area contributed by atoms with Gasteiger partial charge in [-0.1, -0.05) is 23.5 Å². The quantitative estimate of drug-likeness (QED) is 0.233. The van der Waals surface area contributed by atoms with E-state index in [1.807, 2.05) is 12.1 Å². The Balaban J connectivity index is 0.00000210. The average Bonchev–Trinajstić information content (AvgIpc) is 3.38.